The summed E-state index contributed by atoms with van der Waals surface area (Å²) in [5.41, 5.74) is 5.41. The van der Waals surface area contributed by atoms with Gasteiger partial charge in [0.2, 0.25) is 0 Å². The average molecular weight is 264 g/mol. The number of nitro benzene ring substituents is 1. The minimum Gasteiger partial charge on any atom is -0.462 e. The lowest BCUT2D eigenvalue weighted by atomic mass is 10.1. The highest BCUT2D eigenvalue weighted by atomic mass is 16.6. The van der Waals surface area contributed by atoms with Crippen LogP contribution in [-0.2, 0) is 4.74 Å². The van der Waals surface area contributed by atoms with E-state index < -0.39 is 10.9 Å². The third-order valence-electron chi connectivity index (χ3n) is 3.39. The molecule has 0 radical (unpaired) electrons. The van der Waals surface area contributed by atoms with E-state index in [9.17, 15) is 14.9 Å². The molecule has 1 aromatic carbocycles. The molecule has 0 aromatic heterocycles. The molecule has 0 saturated heterocycles. The van der Waals surface area contributed by atoms with Gasteiger partial charge in [0.25, 0.3) is 5.69 Å². The average Bonchev–Trinajstić information content (AvgIpc) is 2.89. The van der Waals surface area contributed by atoms with Gasteiger partial charge in [0, 0.05) is 6.07 Å². The molecule has 2 N–H and O–H groups in total. The van der Waals surface area contributed by atoms with Crippen molar-refractivity contribution in [3.05, 3.63) is 33.9 Å². The highest BCUT2D eigenvalue weighted by molar-refractivity contribution is 5.91. The van der Waals surface area contributed by atoms with E-state index in [1.54, 1.807) is 0 Å². The van der Waals surface area contributed by atoms with Gasteiger partial charge in [-0.1, -0.05) is 12.8 Å². The van der Waals surface area contributed by atoms with Gasteiger partial charge >= 0.3 is 5.97 Å². The van der Waals surface area contributed by atoms with Crippen LogP contribution in [0.2, 0.25) is 0 Å². The molecule has 0 amide bonds. The van der Waals surface area contributed by atoms with Crippen molar-refractivity contribution >= 4 is 17.3 Å². The lowest BCUT2D eigenvalue weighted by Crippen LogP contribution is -2.12. The molecular weight excluding hydrogens is 248 g/mol. The number of hydrogen-bond donors (Lipinski definition) is 1. The fraction of sp³-hybridized carbons (Fsp3) is 0.462. The van der Waals surface area contributed by atoms with Gasteiger partial charge in [0.05, 0.1) is 17.1 Å². The summed E-state index contributed by atoms with van der Waals surface area (Å²) >= 11 is 0. The Morgan fingerprint density at radius 1 is 1.42 bits per heavy atom. The molecule has 1 aromatic rings. The van der Waals surface area contributed by atoms with Crippen LogP contribution >= 0.6 is 0 Å². The summed E-state index contributed by atoms with van der Waals surface area (Å²) in [4.78, 5) is 21.9. The number of nitrogen functional groups attached to an aromatic ring is 1. The topological polar surface area (TPSA) is 95.5 Å². The third kappa shape index (κ3) is 3.21. The standard InChI is InChI=1S/C13H16N2O4/c14-11-6-5-10(7-12(11)15(17)18)13(16)19-8-9-3-1-2-4-9/h5-7,9H,1-4,8,14H2. The first-order valence-electron chi connectivity index (χ1n) is 6.29. The number of nitrogens with two attached hydrogens (primary N) is 1. The number of rotatable bonds is 4. The van der Waals surface area contributed by atoms with Gasteiger partial charge in [-0.05, 0) is 30.9 Å². The Balaban J connectivity index is 2.02. The van der Waals surface area contributed by atoms with Gasteiger partial charge < -0.3 is 10.5 Å². The first kappa shape index (κ1) is 13.3. The molecule has 0 aliphatic heterocycles. The largest absolute Gasteiger partial charge is 0.462 e. The maximum Gasteiger partial charge on any atom is 0.338 e. The Kier molecular flexibility index (Phi) is 3.99. The Morgan fingerprint density at radius 2 is 2.11 bits per heavy atom. The SMILES string of the molecule is Nc1ccc(C(=O)OCC2CCCC2)cc1[N+](=O)[O-]. The summed E-state index contributed by atoms with van der Waals surface area (Å²) in [6, 6.07) is 3.95. The van der Waals surface area contributed by atoms with Gasteiger partial charge in [-0.3, -0.25) is 10.1 Å². The first-order chi connectivity index (χ1) is 9.08. The van der Waals surface area contributed by atoms with Crippen LogP contribution in [0.5, 0.6) is 0 Å². The minimum atomic E-state index is -0.608. The minimum absolute atomic E-state index is 0.0392. The molecule has 0 heterocycles. The maximum absolute atomic E-state index is 11.8. The molecule has 1 saturated carbocycles. The van der Waals surface area contributed by atoms with Crippen LogP contribution in [0.25, 0.3) is 0 Å². The lowest BCUT2D eigenvalue weighted by Gasteiger charge is -2.10. The molecule has 2 rings (SSSR count). The number of hydrogen-bond acceptors (Lipinski definition) is 5. The summed E-state index contributed by atoms with van der Waals surface area (Å²) in [6.45, 7) is 0.386. The van der Waals surface area contributed by atoms with Crippen molar-refractivity contribution in [3.63, 3.8) is 0 Å². The lowest BCUT2D eigenvalue weighted by molar-refractivity contribution is -0.383. The molecule has 102 valence electrons. The molecule has 0 spiro atoms. The van der Waals surface area contributed by atoms with E-state index in [-0.39, 0.29) is 16.9 Å². The molecule has 0 bridgehead atoms. The number of ether oxygens (including phenoxy) is 1. The predicted molar refractivity (Wildman–Crippen MR) is 69.7 cm³/mol. The number of anilines is 1. The van der Waals surface area contributed by atoms with E-state index >= 15 is 0 Å². The third-order valence-corrected chi connectivity index (χ3v) is 3.39. The first-order valence-corrected chi connectivity index (χ1v) is 6.29. The van der Waals surface area contributed by atoms with Crippen molar-refractivity contribution < 1.29 is 14.5 Å². The molecular formula is C13H16N2O4. The number of esters is 1. The Labute approximate surface area is 110 Å². The fourth-order valence-corrected chi connectivity index (χ4v) is 2.28. The quantitative estimate of drug-likeness (QED) is 0.390. The second kappa shape index (κ2) is 5.69. The summed E-state index contributed by atoms with van der Waals surface area (Å²) in [7, 11) is 0. The number of carbonyl (C=O) groups is 1. The molecule has 1 aliphatic rings. The Morgan fingerprint density at radius 3 is 2.74 bits per heavy atom. The molecule has 19 heavy (non-hydrogen) atoms. The summed E-state index contributed by atoms with van der Waals surface area (Å²) in [6.07, 6.45) is 4.51. The van der Waals surface area contributed by atoms with Crippen molar-refractivity contribution in [2.75, 3.05) is 12.3 Å². The Hall–Kier alpha value is -2.11. The Bertz CT molecular complexity index is 495. The van der Waals surface area contributed by atoms with E-state index in [0.717, 1.165) is 18.9 Å². The summed E-state index contributed by atoms with van der Waals surface area (Å²) < 4.78 is 5.18. The van der Waals surface area contributed by atoms with Crippen molar-refractivity contribution in [2.45, 2.75) is 25.7 Å². The van der Waals surface area contributed by atoms with Crippen LogP contribution in [-0.4, -0.2) is 17.5 Å². The van der Waals surface area contributed by atoms with E-state index in [2.05, 4.69) is 0 Å². The van der Waals surface area contributed by atoms with Gasteiger partial charge in [0.1, 0.15) is 5.69 Å². The molecule has 1 aliphatic carbocycles. The van der Waals surface area contributed by atoms with E-state index in [1.807, 2.05) is 0 Å². The van der Waals surface area contributed by atoms with Gasteiger partial charge in [-0.2, -0.15) is 0 Å². The van der Waals surface area contributed by atoms with Crippen molar-refractivity contribution in [1.29, 1.82) is 0 Å². The van der Waals surface area contributed by atoms with E-state index in [4.69, 9.17) is 10.5 Å². The number of carbonyl (C=O) groups excluding carboxylic acids is 1. The van der Waals surface area contributed by atoms with Gasteiger partial charge in [-0.25, -0.2) is 4.79 Å². The maximum atomic E-state index is 11.8. The van der Waals surface area contributed by atoms with Crippen LogP contribution in [0, 0.1) is 16.0 Å². The molecule has 6 heteroatoms. The smallest absolute Gasteiger partial charge is 0.338 e. The number of nitrogens with zero attached hydrogens (tertiary/aromatic N) is 1. The highest BCUT2D eigenvalue weighted by Crippen LogP contribution is 2.26. The van der Waals surface area contributed by atoms with E-state index in [1.165, 1.54) is 25.0 Å². The van der Waals surface area contributed by atoms with Crippen LogP contribution in [0.15, 0.2) is 18.2 Å². The fourth-order valence-electron chi connectivity index (χ4n) is 2.28. The molecule has 6 nitrogen and oxygen atoms in total. The van der Waals surface area contributed by atoms with Crippen LogP contribution < -0.4 is 5.73 Å². The zero-order chi connectivity index (χ0) is 13.8. The summed E-state index contributed by atoms with van der Waals surface area (Å²) in [5, 5.41) is 10.7. The highest BCUT2D eigenvalue weighted by Gasteiger charge is 2.19. The van der Waals surface area contributed by atoms with Gasteiger partial charge in [0.15, 0.2) is 0 Å². The monoisotopic (exact) mass is 264 g/mol. The molecule has 1 fully saturated rings. The van der Waals surface area contributed by atoms with E-state index in [0.29, 0.717) is 12.5 Å². The van der Waals surface area contributed by atoms with Crippen LogP contribution in [0.3, 0.4) is 0 Å². The van der Waals surface area contributed by atoms with Gasteiger partial charge in [-0.15, -0.1) is 0 Å². The molecule has 0 unspecified atom stereocenters. The van der Waals surface area contributed by atoms with Crippen molar-refractivity contribution in [2.24, 2.45) is 5.92 Å². The summed E-state index contributed by atoms with van der Waals surface area (Å²) in [5.74, 6) is -0.109. The van der Waals surface area contributed by atoms with Crippen molar-refractivity contribution in [3.8, 4) is 0 Å². The zero-order valence-electron chi connectivity index (χ0n) is 10.5. The van der Waals surface area contributed by atoms with Crippen LogP contribution in [0.4, 0.5) is 11.4 Å². The normalized spacial score (nSPS) is 15.4. The number of nitro groups is 1. The number of benzene rings is 1. The molecule has 0 atom stereocenters. The predicted octanol–water partition coefficient (Wildman–Crippen LogP) is 2.52. The second-order valence-corrected chi connectivity index (χ2v) is 4.78. The second-order valence-electron chi connectivity index (χ2n) is 4.78. The van der Waals surface area contributed by atoms with Crippen LogP contribution in [0.1, 0.15) is 36.0 Å². The van der Waals surface area contributed by atoms with Crippen molar-refractivity contribution in [1.82, 2.24) is 0 Å². The zero-order valence-corrected chi connectivity index (χ0v) is 10.5.